The van der Waals surface area contributed by atoms with Gasteiger partial charge in [0.05, 0.1) is 6.04 Å². The summed E-state index contributed by atoms with van der Waals surface area (Å²) in [5.74, 6) is 7.83. The van der Waals surface area contributed by atoms with E-state index < -0.39 is 0 Å². The zero-order chi connectivity index (χ0) is 9.68. The first kappa shape index (κ1) is 10.3. The van der Waals surface area contributed by atoms with E-state index in [0.29, 0.717) is 0 Å². The second-order valence-corrected chi connectivity index (χ2v) is 3.64. The van der Waals surface area contributed by atoms with Gasteiger partial charge in [0.1, 0.15) is 0 Å². The number of halogens is 1. The van der Waals surface area contributed by atoms with E-state index in [9.17, 15) is 0 Å². The van der Waals surface area contributed by atoms with Gasteiger partial charge in [0.15, 0.2) is 0 Å². The maximum absolute atomic E-state index is 5.26. The molecule has 0 radical (unpaired) electrons. The minimum atomic E-state index is -0.103. The predicted octanol–water partition coefficient (Wildman–Crippen LogP) is 1.46. The molecule has 2 nitrogen and oxygen atoms in total. The van der Waals surface area contributed by atoms with Crippen molar-refractivity contribution >= 4 is 15.9 Å². The van der Waals surface area contributed by atoms with E-state index in [1.54, 1.807) is 0 Å². The van der Waals surface area contributed by atoms with Gasteiger partial charge in [-0.05, 0) is 17.7 Å². The molecule has 0 aliphatic rings. The summed E-state index contributed by atoms with van der Waals surface area (Å²) in [7, 11) is 0. The molecule has 0 spiro atoms. The van der Waals surface area contributed by atoms with Crippen LogP contribution in [0.5, 0.6) is 0 Å². The number of hydrogen-bond donors (Lipinski definition) is 2. The Morgan fingerprint density at radius 2 is 2.38 bits per heavy atom. The minimum Gasteiger partial charge on any atom is -0.270 e. The molecule has 1 rings (SSSR count). The van der Waals surface area contributed by atoms with Crippen molar-refractivity contribution in [3.63, 3.8) is 0 Å². The van der Waals surface area contributed by atoms with E-state index >= 15 is 0 Å². The largest absolute Gasteiger partial charge is 0.270 e. The molecule has 1 atom stereocenters. The molecule has 68 valence electrons. The average Bonchev–Trinajstić information content (AvgIpc) is 2.14. The van der Waals surface area contributed by atoms with Crippen molar-refractivity contribution in [1.82, 2.24) is 5.43 Å². The number of rotatable bonds is 3. The average molecular weight is 239 g/mol. The monoisotopic (exact) mass is 238 g/mol. The van der Waals surface area contributed by atoms with Gasteiger partial charge >= 0.3 is 0 Å². The highest BCUT2D eigenvalue weighted by Gasteiger charge is 2.02. The lowest BCUT2D eigenvalue weighted by molar-refractivity contribution is 0.634. The lowest BCUT2D eigenvalue weighted by Gasteiger charge is -2.08. The molecule has 1 aromatic rings. The van der Waals surface area contributed by atoms with E-state index in [-0.39, 0.29) is 6.04 Å². The summed E-state index contributed by atoms with van der Waals surface area (Å²) in [5, 5.41) is 0. The Kier molecular flexibility index (Phi) is 3.97. The molecule has 0 aliphatic carbocycles. The second-order valence-electron chi connectivity index (χ2n) is 2.72. The summed E-state index contributed by atoms with van der Waals surface area (Å²) in [4.78, 5) is 0. The van der Waals surface area contributed by atoms with Gasteiger partial charge in [-0.25, -0.2) is 5.43 Å². The zero-order valence-electron chi connectivity index (χ0n) is 7.13. The Hall–Kier alpha value is -0.820. The summed E-state index contributed by atoms with van der Waals surface area (Å²) < 4.78 is 1.05. The van der Waals surface area contributed by atoms with Crippen molar-refractivity contribution in [2.75, 3.05) is 0 Å². The van der Waals surface area contributed by atoms with Crippen LogP contribution in [0.25, 0.3) is 0 Å². The van der Waals surface area contributed by atoms with Crippen molar-refractivity contribution < 1.29 is 0 Å². The fourth-order valence-electron chi connectivity index (χ4n) is 1.07. The van der Waals surface area contributed by atoms with Crippen molar-refractivity contribution in [1.29, 1.82) is 0 Å². The third kappa shape index (κ3) is 3.19. The van der Waals surface area contributed by atoms with Crippen LogP contribution in [0.3, 0.4) is 0 Å². The fourth-order valence-corrected chi connectivity index (χ4v) is 1.51. The molecule has 0 amide bonds. The van der Waals surface area contributed by atoms with Crippen LogP contribution in [-0.2, 0) is 6.42 Å². The fraction of sp³-hybridized carbons (Fsp3) is 0.200. The van der Waals surface area contributed by atoms with Crippen LogP contribution < -0.4 is 11.3 Å². The van der Waals surface area contributed by atoms with E-state index in [4.69, 9.17) is 12.3 Å². The third-order valence-corrected chi connectivity index (χ3v) is 2.22. The van der Waals surface area contributed by atoms with E-state index in [1.165, 1.54) is 0 Å². The predicted molar refractivity (Wildman–Crippen MR) is 57.8 cm³/mol. The van der Waals surface area contributed by atoms with Gasteiger partial charge in [-0.15, -0.1) is 6.42 Å². The highest BCUT2D eigenvalue weighted by atomic mass is 79.9. The van der Waals surface area contributed by atoms with Crippen LogP contribution >= 0.6 is 15.9 Å². The van der Waals surface area contributed by atoms with Gasteiger partial charge in [0, 0.05) is 10.9 Å². The zero-order valence-corrected chi connectivity index (χ0v) is 8.71. The van der Waals surface area contributed by atoms with Crippen LogP contribution in [-0.4, -0.2) is 6.04 Å². The number of terminal acetylenes is 1. The summed E-state index contributed by atoms with van der Waals surface area (Å²) in [6.07, 6.45) is 6.01. The molecule has 0 aromatic heterocycles. The van der Waals surface area contributed by atoms with E-state index in [1.807, 2.05) is 24.3 Å². The van der Waals surface area contributed by atoms with Crippen LogP contribution in [0.15, 0.2) is 28.7 Å². The summed E-state index contributed by atoms with van der Waals surface area (Å²) in [5.41, 5.74) is 3.73. The van der Waals surface area contributed by atoms with Crippen molar-refractivity contribution in [2.45, 2.75) is 12.5 Å². The quantitative estimate of drug-likeness (QED) is 0.476. The normalized spacial score (nSPS) is 12.1. The van der Waals surface area contributed by atoms with Gasteiger partial charge in [-0.2, -0.15) is 0 Å². The maximum atomic E-state index is 5.26. The molecule has 3 heteroatoms. The molecule has 0 aliphatic heterocycles. The van der Waals surface area contributed by atoms with Crippen molar-refractivity contribution in [3.05, 3.63) is 34.3 Å². The van der Waals surface area contributed by atoms with E-state index in [0.717, 1.165) is 16.5 Å². The Morgan fingerprint density at radius 1 is 1.62 bits per heavy atom. The SMILES string of the molecule is C#CC(Cc1cccc(Br)c1)NN. The first-order valence-corrected chi connectivity index (χ1v) is 4.72. The molecule has 1 aromatic carbocycles. The van der Waals surface area contributed by atoms with Crippen LogP contribution in [0.2, 0.25) is 0 Å². The standard InChI is InChI=1S/C10H11BrN2/c1-2-10(13-12)7-8-4-3-5-9(11)6-8/h1,3-6,10,13H,7,12H2. The number of nitrogens with one attached hydrogen (secondary N) is 1. The Labute approximate surface area is 86.6 Å². The lowest BCUT2D eigenvalue weighted by Crippen LogP contribution is -2.35. The minimum absolute atomic E-state index is 0.103. The molecular formula is C10H11BrN2. The molecule has 0 saturated carbocycles. The number of hydrogen-bond acceptors (Lipinski definition) is 2. The van der Waals surface area contributed by atoms with Gasteiger partial charge in [-0.1, -0.05) is 34.0 Å². The number of hydrazine groups is 1. The Morgan fingerprint density at radius 3 is 2.92 bits per heavy atom. The summed E-state index contributed by atoms with van der Waals surface area (Å²) >= 11 is 3.39. The molecule has 3 N–H and O–H groups in total. The van der Waals surface area contributed by atoms with Crippen LogP contribution in [0.1, 0.15) is 5.56 Å². The van der Waals surface area contributed by atoms with Gasteiger partial charge in [-0.3, -0.25) is 5.84 Å². The Balaban J connectivity index is 2.69. The van der Waals surface area contributed by atoms with E-state index in [2.05, 4.69) is 27.3 Å². The molecule has 13 heavy (non-hydrogen) atoms. The number of benzene rings is 1. The maximum Gasteiger partial charge on any atom is 0.0855 e. The number of nitrogens with two attached hydrogens (primary N) is 1. The second kappa shape index (κ2) is 5.03. The van der Waals surface area contributed by atoms with Gasteiger partial charge in [0.25, 0.3) is 0 Å². The van der Waals surface area contributed by atoms with Gasteiger partial charge < -0.3 is 0 Å². The molecule has 0 heterocycles. The Bertz CT molecular complexity index is 317. The first-order chi connectivity index (χ1) is 6.26. The summed E-state index contributed by atoms with van der Waals surface area (Å²) in [6, 6.07) is 7.90. The molecule has 0 saturated heterocycles. The topological polar surface area (TPSA) is 38.0 Å². The lowest BCUT2D eigenvalue weighted by atomic mass is 10.1. The van der Waals surface area contributed by atoms with Crippen LogP contribution in [0.4, 0.5) is 0 Å². The molecule has 1 unspecified atom stereocenters. The molecular weight excluding hydrogens is 228 g/mol. The summed E-state index contributed by atoms with van der Waals surface area (Å²) in [6.45, 7) is 0. The third-order valence-electron chi connectivity index (χ3n) is 1.73. The smallest absolute Gasteiger partial charge is 0.0855 e. The highest BCUT2D eigenvalue weighted by Crippen LogP contribution is 2.12. The van der Waals surface area contributed by atoms with Crippen molar-refractivity contribution in [3.8, 4) is 12.3 Å². The molecule has 0 bridgehead atoms. The highest BCUT2D eigenvalue weighted by molar-refractivity contribution is 9.10. The first-order valence-electron chi connectivity index (χ1n) is 3.93. The van der Waals surface area contributed by atoms with Gasteiger partial charge in [0.2, 0.25) is 0 Å². The van der Waals surface area contributed by atoms with Crippen LogP contribution in [0, 0.1) is 12.3 Å². The van der Waals surface area contributed by atoms with Crippen molar-refractivity contribution in [2.24, 2.45) is 5.84 Å². The molecule has 0 fully saturated rings.